The Kier molecular flexibility index (Phi) is 2.37. The number of aromatic nitrogens is 2. The van der Waals surface area contributed by atoms with E-state index in [-0.39, 0.29) is 0 Å². The molecule has 0 fully saturated rings. The SMILES string of the molecule is Cc1cc(C)[n+]([O-])c(-c2ccccc2)n1. The molecule has 3 nitrogen and oxygen atoms in total. The van der Waals surface area contributed by atoms with Crippen LogP contribution in [0.1, 0.15) is 11.4 Å². The van der Waals surface area contributed by atoms with Gasteiger partial charge in [0, 0.05) is 13.0 Å². The largest absolute Gasteiger partial charge is 0.710 e. The highest BCUT2D eigenvalue weighted by Crippen LogP contribution is 2.13. The molecule has 0 radical (unpaired) electrons. The van der Waals surface area contributed by atoms with Gasteiger partial charge in [-0.3, -0.25) is 0 Å². The maximum Gasteiger partial charge on any atom is 0.333 e. The van der Waals surface area contributed by atoms with Crippen LogP contribution >= 0.6 is 0 Å². The highest BCUT2D eigenvalue weighted by molar-refractivity contribution is 5.51. The lowest BCUT2D eigenvalue weighted by atomic mass is 10.2. The van der Waals surface area contributed by atoms with Crippen molar-refractivity contribution in [1.82, 2.24) is 4.98 Å². The van der Waals surface area contributed by atoms with E-state index < -0.39 is 0 Å². The Hall–Kier alpha value is -1.90. The van der Waals surface area contributed by atoms with Gasteiger partial charge in [-0.1, -0.05) is 18.2 Å². The summed E-state index contributed by atoms with van der Waals surface area (Å²) in [7, 11) is 0. The molecule has 0 spiro atoms. The van der Waals surface area contributed by atoms with Gasteiger partial charge in [-0.05, 0) is 24.0 Å². The molecule has 0 saturated carbocycles. The number of benzene rings is 1. The average molecular weight is 200 g/mol. The molecule has 2 rings (SSSR count). The first-order valence-corrected chi connectivity index (χ1v) is 4.82. The van der Waals surface area contributed by atoms with E-state index in [9.17, 15) is 5.21 Å². The second kappa shape index (κ2) is 3.69. The summed E-state index contributed by atoms with van der Waals surface area (Å²) in [6.07, 6.45) is 0. The standard InChI is InChI=1S/C12H12N2O/c1-9-8-10(2)14(15)12(13-9)11-6-4-3-5-7-11/h3-8H,1-2H3. The van der Waals surface area contributed by atoms with Crippen LogP contribution in [0.2, 0.25) is 0 Å². The molecule has 1 aromatic carbocycles. The zero-order valence-corrected chi connectivity index (χ0v) is 8.77. The average Bonchev–Trinajstić information content (AvgIpc) is 2.24. The van der Waals surface area contributed by atoms with E-state index in [1.54, 1.807) is 13.0 Å². The number of nitrogens with zero attached hydrogens (tertiary/aromatic N) is 2. The van der Waals surface area contributed by atoms with Crippen LogP contribution in [0, 0.1) is 19.1 Å². The molecule has 76 valence electrons. The Labute approximate surface area is 88.6 Å². The molecular formula is C12H12N2O. The summed E-state index contributed by atoms with van der Waals surface area (Å²) in [5.74, 6) is 0.466. The molecule has 0 atom stereocenters. The third kappa shape index (κ3) is 1.81. The number of aryl methyl sites for hydroxylation is 2. The maximum atomic E-state index is 11.8. The fourth-order valence-corrected chi connectivity index (χ4v) is 1.54. The second-order valence-corrected chi connectivity index (χ2v) is 3.52. The van der Waals surface area contributed by atoms with Gasteiger partial charge in [-0.25, -0.2) is 4.73 Å². The molecule has 0 N–H and O–H groups in total. The Morgan fingerprint density at radius 1 is 1.13 bits per heavy atom. The van der Waals surface area contributed by atoms with Crippen LogP contribution in [0.15, 0.2) is 36.4 Å². The van der Waals surface area contributed by atoms with E-state index in [4.69, 9.17) is 0 Å². The Morgan fingerprint density at radius 3 is 2.47 bits per heavy atom. The first-order valence-electron chi connectivity index (χ1n) is 4.82. The van der Waals surface area contributed by atoms with Crippen molar-refractivity contribution < 1.29 is 4.73 Å². The van der Waals surface area contributed by atoms with E-state index in [1.807, 2.05) is 37.3 Å². The summed E-state index contributed by atoms with van der Waals surface area (Å²) in [4.78, 5) is 4.25. The highest BCUT2D eigenvalue weighted by atomic mass is 16.5. The molecule has 0 aliphatic carbocycles. The minimum atomic E-state index is 0.466. The van der Waals surface area contributed by atoms with Crippen molar-refractivity contribution in [3.8, 4) is 11.4 Å². The van der Waals surface area contributed by atoms with Gasteiger partial charge in [0.2, 0.25) is 0 Å². The van der Waals surface area contributed by atoms with Crippen LogP contribution in [-0.4, -0.2) is 4.98 Å². The van der Waals surface area contributed by atoms with Gasteiger partial charge >= 0.3 is 5.82 Å². The van der Waals surface area contributed by atoms with E-state index in [2.05, 4.69) is 4.98 Å². The fourth-order valence-electron chi connectivity index (χ4n) is 1.54. The van der Waals surface area contributed by atoms with E-state index in [0.717, 1.165) is 16.0 Å². The minimum Gasteiger partial charge on any atom is -0.710 e. The summed E-state index contributed by atoms with van der Waals surface area (Å²) in [6.45, 7) is 3.67. The third-order valence-corrected chi connectivity index (χ3v) is 2.24. The van der Waals surface area contributed by atoms with Gasteiger partial charge in [-0.2, -0.15) is 0 Å². The summed E-state index contributed by atoms with van der Waals surface area (Å²) < 4.78 is 0.863. The van der Waals surface area contributed by atoms with Gasteiger partial charge in [0.1, 0.15) is 5.69 Å². The molecule has 0 unspecified atom stereocenters. The zero-order chi connectivity index (χ0) is 10.8. The molecule has 15 heavy (non-hydrogen) atoms. The normalized spacial score (nSPS) is 10.3. The van der Waals surface area contributed by atoms with Crippen LogP contribution < -0.4 is 4.73 Å². The van der Waals surface area contributed by atoms with Crippen LogP contribution in [0.3, 0.4) is 0 Å². The first-order chi connectivity index (χ1) is 7.18. The molecule has 0 bridgehead atoms. The molecule has 1 heterocycles. The summed E-state index contributed by atoms with van der Waals surface area (Å²) in [6, 6.07) is 11.3. The quantitative estimate of drug-likeness (QED) is 0.521. The molecule has 2 aromatic rings. The number of hydrogen-bond donors (Lipinski definition) is 0. The topological polar surface area (TPSA) is 39.8 Å². The monoisotopic (exact) mass is 200 g/mol. The molecule has 1 aromatic heterocycles. The maximum absolute atomic E-state index is 11.8. The first kappa shape index (κ1) is 9.65. The van der Waals surface area contributed by atoms with Crippen LogP contribution in [0.5, 0.6) is 0 Å². The predicted molar refractivity (Wildman–Crippen MR) is 58.1 cm³/mol. The number of hydrogen-bond acceptors (Lipinski definition) is 2. The second-order valence-electron chi connectivity index (χ2n) is 3.52. The molecule has 3 heteroatoms. The summed E-state index contributed by atoms with van der Waals surface area (Å²) in [5.41, 5.74) is 2.37. The number of rotatable bonds is 1. The van der Waals surface area contributed by atoms with Gasteiger partial charge in [0.25, 0.3) is 0 Å². The van der Waals surface area contributed by atoms with E-state index >= 15 is 0 Å². The Balaban J connectivity index is 2.63. The smallest absolute Gasteiger partial charge is 0.333 e. The zero-order valence-electron chi connectivity index (χ0n) is 8.77. The predicted octanol–water partition coefficient (Wildman–Crippen LogP) is 2.00. The lowest BCUT2D eigenvalue weighted by molar-refractivity contribution is -0.603. The van der Waals surface area contributed by atoms with Gasteiger partial charge in [0.15, 0.2) is 5.69 Å². The van der Waals surface area contributed by atoms with Gasteiger partial charge in [-0.15, -0.1) is 0 Å². The highest BCUT2D eigenvalue weighted by Gasteiger charge is 2.13. The lowest BCUT2D eigenvalue weighted by Gasteiger charge is -2.09. The van der Waals surface area contributed by atoms with Crippen molar-refractivity contribution in [2.24, 2.45) is 0 Å². The van der Waals surface area contributed by atoms with Crippen molar-refractivity contribution in [3.63, 3.8) is 0 Å². The molecule has 0 aliphatic heterocycles. The van der Waals surface area contributed by atoms with Gasteiger partial charge in [0.05, 0.1) is 5.56 Å². The van der Waals surface area contributed by atoms with Crippen LogP contribution in [-0.2, 0) is 0 Å². The minimum absolute atomic E-state index is 0.466. The molecule has 0 aliphatic rings. The summed E-state index contributed by atoms with van der Waals surface area (Å²) in [5, 5.41) is 11.8. The van der Waals surface area contributed by atoms with Crippen molar-refractivity contribution in [2.45, 2.75) is 13.8 Å². The Morgan fingerprint density at radius 2 is 1.80 bits per heavy atom. The molecule has 0 amide bonds. The van der Waals surface area contributed by atoms with E-state index in [0.29, 0.717) is 11.5 Å². The van der Waals surface area contributed by atoms with Crippen LogP contribution in [0.4, 0.5) is 0 Å². The van der Waals surface area contributed by atoms with Crippen molar-refractivity contribution in [2.75, 3.05) is 0 Å². The third-order valence-electron chi connectivity index (χ3n) is 2.24. The van der Waals surface area contributed by atoms with Crippen LogP contribution in [0.25, 0.3) is 11.4 Å². The van der Waals surface area contributed by atoms with Crippen molar-refractivity contribution >= 4 is 0 Å². The summed E-state index contributed by atoms with van der Waals surface area (Å²) >= 11 is 0. The lowest BCUT2D eigenvalue weighted by Crippen LogP contribution is -2.34. The van der Waals surface area contributed by atoms with Gasteiger partial charge < -0.3 is 5.21 Å². The molecule has 0 saturated heterocycles. The van der Waals surface area contributed by atoms with Crippen molar-refractivity contribution in [1.29, 1.82) is 0 Å². The van der Waals surface area contributed by atoms with E-state index in [1.165, 1.54) is 0 Å². The fraction of sp³-hybridized carbons (Fsp3) is 0.167. The molecular weight excluding hydrogens is 188 g/mol. The Bertz CT molecular complexity index is 480. The van der Waals surface area contributed by atoms with Crippen molar-refractivity contribution in [3.05, 3.63) is 53.0 Å².